The lowest BCUT2D eigenvalue weighted by Crippen LogP contribution is -2.40. The van der Waals surface area contributed by atoms with Gasteiger partial charge in [-0.25, -0.2) is 4.79 Å². The van der Waals surface area contributed by atoms with Gasteiger partial charge in [-0.1, -0.05) is 29.8 Å². The molecule has 0 aliphatic rings. The maximum Gasteiger partial charge on any atom is 0.312 e. The zero-order valence-corrected chi connectivity index (χ0v) is 10.8. The van der Waals surface area contributed by atoms with E-state index in [0.717, 1.165) is 11.1 Å². The van der Waals surface area contributed by atoms with Crippen molar-refractivity contribution in [3.63, 3.8) is 0 Å². The molecule has 6 heteroatoms. The van der Waals surface area contributed by atoms with Gasteiger partial charge in [0.2, 0.25) is 5.91 Å². The molecule has 3 amide bonds. The van der Waals surface area contributed by atoms with Crippen LogP contribution in [0.3, 0.4) is 0 Å². The molecule has 0 saturated heterocycles. The second-order valence-electron chi connectivity index (χ2n) is 4.26. The van der Waals surface area contributed by atoms with Crippen molar-refractivity contribution in [1.82, 2.24) is 10.6 Å². The summed E-state index contributed by atoms with van der Waals surface area (Å²) in [6, 6.07) is 6.65. The van der Waals surface area contributed by atoms with E-state index < -0.39 is 6.03 Å². The van der Waals surface area contributed by atoms with Gasteiger partial charge in [-0.05, 0) is 18.9 Å². The number of primary amides is 1. The number of nitrogens with two attached hydrogens (primary N) is 1. The van der Waals surface area contributed by atoms with Crippen molar-refractivity contribution >= 4 is 11.9 Å². The van der Waals surface area contributed by atoms with Gasteiger partial charge in [0.1, 0.15) is 0 Å². The van der Waals surface area contributed by atoms with E-state index in [0.29, 0.717) is 6.42 Å². The number of benzene rings is 1. The van der Waals surface area contributed by atoms with Crippen LogP contribution in [-0.2, 0) is 4.79 Å². The molecule has 19 heavy (non-hydrogen) atoms. The summed E-state index contributed by atoms with van der Waals surface area (Å²) < 4.78 is 0. The van der Waals surface area contributed by atoms with E-state index in [2.05, 4.69) is 10.6 Å². The fourth-order valence-corrected chi connectivity index (χ4v) is 1.66. The summed E-state index contributed by atoms with van der Waals surface area (Å²) in [5.41, 5.74) is 6.92. The molecule has 0 aliphatic heterocycles. The van der Waals surface area contributed by atoms with Crippen LogP contribution in [-0.4, -0.2) is 30.2 Å². The number of carbonyl (C=O) groups is 2. The standard InChI is InChI=1S/C13H19N3O3/c1-9-2-4-10(5-3-9)11(6-7-17)16-12(18)8-15-13(14)19/h2-5,11,17H,6-8H2,1H3,(H,16,18)(H3,14,15,19). The smallest absolute Gasteiger partial charge is 0.312 e. The Morgan fingerprint density at radius 3 is 2.47 bits per heavy atom. The summed E-state index contributed by atoms with van der Waals surface area (Å²) in [7, 11) is 0. The number of urea groups is 1. The number of amides is 3. The van der Waals surface area contributed by atoms with E-state index in [9.17, 15) is 9.59 Å². The molecule has 1 aromatic rings. The Morgan fingerprint density at radius 1 is 1.32 bits per heavy atom. The number of carbonyl (C=O) groups excluding carboxylic acids is 2. The van der Waals surface area contributed by atoms with Gasteiger partial charge < -0.3 is 21.5 Å². The van der Waals surface area contributed by atoms with Crippen LogP contribution in [0.2, 0.25) is 0 Å². The molecule has 1 aromatic carbocycles. The van der Waals surface area contributed by atoms with Crippen LogP contribution in [0.15, 0.2) is 24.3 Å². The van der Waals surface area contributed by atoms with Gasteiger partial charge in [0.25, 0.3) is 0 Å². The predicted molar refractivity (Wildman–Crippen MR) is 71.4 cm³/mol. The molecule has 1 unspecified atom stereocenters. The van der Waals surface area contributed by atoms with Gasteiger partial charge in [0, 0.05) is 6.61 Å². The minimum absolute atomic E-state index is 0.0396. The van der Waals surface area contributed by atoms with Crippen molar-refractivity contribution < 1.29 is 14.7 Å². The summed E-state index contributed by atoms with van der Waals surface area (Å²) in [5, 5.41) is 14.0. The van der Waals surface area contributed by atoms with Gasteiger partial charge in [-0.2, -0.15) is 0 Å². The van der Waals surface area contributed by atoms with Crippen molar-refractivity contribution in [2.24, 2.45) is 5.73 Å². The maximum absolute atomic E-state index is 11.6. The monoisotopic (exact) mass is 265 g/mol. The molecule has 0 spiro atoms. The molecule has 1 rings (SSSR count). The van der Waals surface area contributed by atoms with Gasteiger partial charge in [-0.15, -0.1) is 0 Å². The summed E-state index contributed by atoms with van der Waals surface area (Å²) in [5.74, 6) is -0.349. The van der Waals surface area contributed by atoms with E-state index in [1.54, 1.807) is 0 Å². The topological polar surface area (TPSA) is 104 Å². The highest BCUT2D eigenvalue weighted by atomic mass is 16.3. The lowest BCUT2D eigenvalue weighted by atomic mass is 10.0. The van der Waals surface area contributed by atoms with Gasteiger partial charge in [-0.3, -0.25) is 4.79 Å². The van der Waals surface area contributed by atoms with Crippen LogP contribution in [0, 0.1) is 6.92 Å². The van der Waals surface area contributed by atoms with E-state index in [-0.39, 0.29) is 25.1 Å². The van der Waals surface area contributed by atoms with E-state index in [4.69, 9.17) is 10.8 Å². The molecular formula is C13H19N3O3. The highest BCUT2D eigenvalue weighted by molar-refractivity contribution is 5.83. The van der Waals surface area contributed by atoms with Crippen LogP contribution in [0.1, 0.15) is 23.6 Å². The minimum Gasteiger partial charge on any atom is -0.396 e. The van der Waals surface area contributed by atoms with E-state index in [1.807, 2.05) is 31.2 Å². The summed E-state index contributed by atoms with van der Waals surface area (Å²) in [4.78, 5) is 22.1. The first-order valence-electron chi connectivity index (χ1n) is 6.03. The van der Waals surface area contributed by atoms with Gasteiger partial charge in [0.15, 0.2) is 0 Å². The number of nitrogens with one attached hydrogen (secondary N) is 2. The van der Waals surface area contributed by atoms with Crippen molar-refractivity contribution in [1.29, 1.82) is 0 Å². The molecule has 0 saturated carbocycles. The highest BCUT2D eigenvalue weighted by Crippen LogP contribution is 2.16. The van der Waals surface area contributed by atoms with Gasteiger partial charge in [0.05, 0.1) is 12.6 Å². The molecule has 104 valence electrons. The Hall–Kier alpha value is -2.08. The Bertz CT molecular complexity index is 431. The fourth-order valence-electron chi connectivity index (χ4n) is 1.66. The number of aliphatic hydroxyl groups excluding tert-OH is 1. The number of rotatable bonds is 6. The second-order valence-corrected chi connectivity index (χ2v) is 4.26. The molecule has 0 radical (unpaired) electrons. The molecule has 0 aliphatic carbocycles. The average molecular weight is 265 g/mol. The molecule has 1 atom stereocenters. The third-order valence-corrected chi connectivity index (χ3v) is 2.66. The molecular weight excluding hydrogens is 246 g/mol. The number of aliphatic hydroxyl groups is 1. The summed E-state index contributed by atoms with van der Waals surface area (Å²) in [6.45, 7) is 1.76. The average Bonchev–Trinajstić information content (AvgIpc) is 2.37. The number of aryl methyl sites for hydroxylation is 1. The Morgan fingerprint density at radius 2 is 1.95 bits per heavy atom. The number of hydrogen-bond donors (Lipinski definition) is 4. The van der Waals surface area contributed by atoms with Crippen LogP contribution in [0.4, 0.5) is 4.79 Å². The van der Waals surface area contributed by atoms with Crippen molar-refractivity contribution in [2.45, 2.75) is 19.4 Å². The minimum atomic E-state index is -0.746. The quantitative estimate of drug-likeness (QED) is 0.590. The molecule has 0 bridgehead atoms. The molecule has 0 aromatic heterocycles. The zero-order valence-electron chi connectivity index (χ0n) is 10.8. The van der Waals surface area contributed by atoms with E-state index >= 15 is 0 Å². The Balaban J connectivity index is 2.64. The molecule has 5 N–H and O–H groups in total. The van der Waals surface area contributed by atoms with Crippen molar-refractivity contribution in [2.75, 3.05) is 13.2 Å². The number of hydrogen-bond acceptors (Lipinski definition) is 3. The first-order chi connectivity index (χ1) is 9.02. The largest absolute Gasteiger partial charge is 0.396 e. The SMILES string of the molecule is Cc1ccc(C(CCO)NC(=O)CNC(N)=O)cc1. The third-order valence-electron chi connectivity index (χ3n) is 2.66. The first kappa shape index (κ1) is 15.0. The Kier molecular flexibility index (Phi) is 5.81. The Labute approximate surface area is 112 Å². The van der Waals surface area contributed by atoms with Gasteiger partial charge >= 0.3 is 6.03 Å². The van der Waals surface area contributed by atoms with Crippen LogP contribution in [0.5, 0.6) is 0 Å². The predicted octanol–water partition coefficient (Wildman–Crippen LogP) is 0.203. The fraction of sp³-hybridized carbons (Fsp3) is 0.385. The van der Waals surface area contributed by atoms with Crippen molar-refractivity contribution in [3.8, 4) is 0 Å². The molecule has 6 nitrogen and oxygen atoms in total. The highest BCUT2D eigenvalue weighted by Gasteiger charge is 2.14. The zero-order chi connectivity index (χ0) is 14.3. The van der Waals surface area contributed by atoms with Crippen molar-refractivity contribution in [3.05, 3.63) is 35.4 Å². The first-order valence-corrected chi connectivity index (χ1v) is 6.03. The molecule has 0 fully saturated rings. The van der Waals surface area contributed by atoms with E-state index in [1.165, 1.54) is 0 Å². The lowest BCUT2D eigenvalue weighted by Gasteiger charge is -2.18. The summed E-state index contributed by atoms with van der Waals surface area (Å²) in [6.07, 6.45) is 0.408. The molecule has 0 heterocycles. The summed E-state index contributed by atoms with van der Waals surface area (Å²) >= 11 is 0. The van der Waals surface area contributed by atoms with Crippen LogP contribution in [0.25, 0.3) is 0 Å². The van der Waals surface area contributed by atoms with Crippen LogP contribution >= 0.6 is 0 Å². The normalized spacial score (nSPS) is 11.7. The van der Waals surface area contributed by atoms with Crippen LogP contribution < -0.4 is 16.4 Å². The lowest BCUT2D eigenvalue weighted by molar-refractivity contribution is -0.120. The third kappa shape index (κ3) is 5.39. The second kappa shape index (κ2) is 7.38. The maximum atomic E-state index is 11.6.